The molecule has 2 aliphatic carbocycles. The second kappa shape index (κ2) is 5.73. The zero-order valence-corrected chi connectivity index (χ0v) is 12.9. The van der Waals surface area contributed by atoms with Gasteiger partial charge in [0.25, 0.3) is 0 Å². The Morgan fingerprint density at radius 2 is 2.05 bits per heavy atom. The van der Waals surface area contributed by atoms with Gasteiger partial charge in [-0.05, 0) is 67.7 Å². The van der Waals surface area contributed by atoms with Crippen LogP contribution >= 0.6 is 0 Å². The first-order valence-electron chi connectivity index (χ1n) is 8.24. The normalized spacial score (nSPS) is 28.6. The fraction of sp³-hybridized carbons (Fsp3) is 0.579. The lowest BCUT2D eigenvalue weighted by molar-refractivity contribution is 0.252. The molecule has 0 unspecified atom stereocenters. The van der Waals surface area contributed by atoms with E-state index in [1.54, 1.807) is 5.56 Å². The predicted molar refractivity (Wildman–Crippen MR) is 87.1 cm³/mol. The van der Waals surface area contributed by atoms with Gasteiger partial charge in [-0.1, -0.05) is 43.7 Å². The molecule has 2 aliphatic rings. The molecule has 0 atom stereocenters. The largest absolute Gasteiger partial charge is 0.317 e. The summed E-state index contributed by atoms with van der Waals surface area (Å²) >= 11 is 0. The maximum Gasteiger partial charge on any atom is 0.00647 e. The van der Waals surface area contributed by atoms with Crippen LogP contribution in [-0.2, 0) is 11.8 Å². The molecule has 0 heterocycles. The minimum Gasteiger partial charge on any atom is -0.317 e. The van der Waals surface area contributed by atoms with Crippen LogP contribution in [0.15, 0.2) is 24.3 Å². The molecule has 0 radical (unpaired) electrons. The summed E-state index contributed by atoms with van der Waals surface area (Å²) < 4.78 is 0. The van der Waals surface area contributed by atoms with E-state index in [-0.39, 0.29) is 0 Å². The number of rotatable bonds is 3. The lowest BCUT2D eigenvalue weighted by Gasteiger charge is -2.42. The van der Waals surface area contributed by atoms with Crippen LogP contribution in [0.25, 0.3) is 6.08 Å². The lowest BCUT2D eigenvalue weighted by Crippen LogP contribution is -2.39. The molecule has 1 nitrogen and oxygen atoms in total. The lowest BCUT2D eigenvalue weighted by atomic mass is 9.63. The molecule has 108 valence electrons. The third kappa shape index (κ3) is 2.44. The summed E-state index contributed by atoms with van der Waals surface area (Å²) in [6, 6.07) is 7.96. The molecule has 0 amide bonds. The fourth-order valence-electron chi connectivity index (χ4n) is 4.13. The first-order chi connectivity index (χ1) is 9.77. The number of nitrogens with one attached hydrogen (secondary N) is 1. The van der Waals surface area contributed by atoms with Gasteiger partial charge in [-0.2, -0.15) is 0 Å². The summed E-state index contributed by atoms with van der Waals surface area (Å²) in [5.41, 5.74) is 5.04. The average Bonchev–Trinajstić information content (AvgIpc) is 2.49. The molecule has 1 saturated carbocycles. The van der Waals surface area contributed by atoms with Crippen molar-refractivity contribution in [3.8, 4) is 0 Å². The minimum absolute atomic E-state index is 0.433. The van der Waals surface area contributed by atoms with E-state index in [0.717, 1.165) is 6.04 Å². The highest BCUT2D eigenvalue weighted by atomic mass is 14.9. The first kappa shape index (κ1) is 13.9. The molecule has 1 aromatic carbocycles. The SMILES string of the molecule is CCCc1ccc2c(c1)C=CCC21CCC(NC)CC1. The van der Waals surface area contributed by atoms with Crippen molar-refractivity contribution < 1.29 is 0 Å². The molecular formula is C19H27N. The van der Waals surface area contributed by atoms with Gasteiger partial charge in [0.2, 0.25) is 0 Å². The van der Waals surface area contributed by atoms with Gasteiger partial charge in [0, 0.05) is 6.04 Å². The highest BCUT2D eigenvalue weighted by Crippen LogP contribution is 2.46. The van der Waals surface area contributed by atoms with Gasteiger partial charge >= 0.3 is 0 Å². The Balaban J connectivity index is 1.89. The molecule has 0 aliphatic heterocycles. The number of hydrogen-bond donors (Lipinski definition) is 1. The second-order valence-corrected chi connectivity index (χ2v) is 6.62. The topological polar surface area (TPSA) is 12.0 Å². The van der Waals surface area contributed by atoms with E-state index in [1.807, 2.05) is 0 Å². The Kier molecular flexibility index (Phi) is 3.98. The van der Waals surface area contributed by atoms with E-state index in [4.69, 9.17) is 0 Å². The summed E-state index contributed by atoms with van der Waals surface area (Å²) in [6.45, 7) is 2.26. The zero-order chi connectivity index (χ0) is 14.0. The number of allylic oxidation sites excluding steroid dienone is 1. The molecule has 0 bridgehead atoms. The van der Waals surface area contributed by atoms with Crippen LogP contribution in [0, 0.1) is 0 Å². The smallest absolute Gasteiger partial charge is 0.00647 e. The highest BCUT2D eigenvalue weighted by molar-refractivity contribution is 5.60. The maximum atomic E-state index is 3.46. The Morgan fingerprint density at radius 1 is 1.25 bits per heavy atom. The quantitative estimate of drug-likeness (QED) is 0.854. The van der Waals surface area contributed by atoms with Crippen molar-refractivity contribution in [2.75, 3.05) is 7.05 Å². The number of fused-ring (bicyclic) bond motifs is 2. The second-order valence-electron chi connectivity index (χ2n) is 6.62. The van der Waals surface area contributed by atoms with E-state index in [0.29, 0.717) is 5.41 Å². The van der Waals surface area contributed by atoms with Crippen molar-refractivity contribution in [1.82, 2.24) is 5.32 Å². The Hall–Kier alpha value is -1.08. The van der Waals surface area contributed by atoms with Gasteiger partial charge < -0.3 is 5.32 Å². The van der Waals surface area contributed by atoms with E-state index in [2.05, 4.69) is 49.6 Å². The third-order valence-electron chi connectivity index (χ3n) is 5.38. The fourth-order valence-corrected chi connectivity index (χ4v) is 4.13. The summed E-state index contributed by atoms with van der Waals surface area (Å²) in [6.07, 6.45) is 13.8. The van der Waals surface area contributed by atoms with Crippen LogP contribution in [0.1, 0.15) is 62.1 Å². The van der Waals surface area contributed by atoms with Gasteiger partial charge in [-0.25, -0.2) is 0 Å². The van der Waals surface area contributed by atoms with Crippen LogP contribution in [-0.4, -0.2) is 13.1 Å². The van der Waals surface area contributed by atoms with Crippen LogP contribution in [0.3, 0.4) is 0 Å². The first-order valence-corrected chi connectivity index (χ1v) is 8.24. The number of hydrogen-bond acceptors (Lipinski definition) is 1. The monoisotopic (exact) mass is 269 g/mol. The van der Waals surface area contributed by atoms with E-state index >= 15 is 0 Å². The number of benzene rings is 1. The minimum atomic E-state index is 0.433. The zero-order valence-electron chi connectivity index (χ0n) is 12.9. The van der Waals surface area contributed by atoms with Crippen molar-refractivity contribution in [2.45, 2.75) is 63.3 Å². The standard InChI is InChI=1S/C19H27N/c1-3-5-15-7-8-18-16(14-15)6-4-11-19(18)12-9-17(20-2)10-13-19/h4,6-8,14,17,20H,3,5,9-13H2,1-2H3. The van der Waals surface area contributed by atoms with Crippen molar-refractivity contribution in [1.29, 1.82) is 0 Å². The highest BCUT2D eigenvalue weighted by Gasteiger charge is 2.38. The third-order valence-corrected chi connectivity index (χ3v) is 5.38. The van der Waals surface area contributed by atoms with Crippen LogP contribution in [0.5, 0.6) is 0 Å². The van der Waals surface area contributed by atoms with Gasteiger partial charge in [-0.15, -0.1) is 0 Å². The molecule has 0 saturated heterocycles. The van der Waals surface area contributed by atoms with Crippen molar-refractivity contribution >= 4 is 6.08 Å². The van der Waals surface area contributed by atoms with Gasteiger partial charge in [-0.3, -0.25) is 0 Å². The maximum absolute atomic E-state index is 3.46. The van der Waals surface area contributed by atoms with Gasteiger partial charge in [0.05, 0.1) is 0 Å². The van der Waals surface area contributed by atoms with E-state index in [1.165, 1.54) is 56.1 Å². The van der Waals surface area contributed by atoms with Crippen molar-refractivity contribution in [3.05, 3.63) is 41.0 Å². The van der Waals surface area contributed by atoms with Crippen molar-refractivity contribution in [2.24, 2.45) is 0 Å². The predicted octanol–water partition coefficient (Wildman–Crippen LogP) is 4.46. The van der Waals surface area contributed by atoms with Crippen LogP contribution < -0.4 is 5.32 Å². The molecule has 1 heteroatoms. The molecule has 1 N–H and O–H groups in total. The van der Waals surface area contributed by atoms with Crippen LogP contribution in [0.4, 0.5) is 0 Å². The summed E-state index contributed by atoms with van der Waals surface area (Å²) in [7, 11) is 2.11. The van der Waals surface area contributed by atoms with Gasteiger partial charge in [0.1, 0.15) is 0 Å². The van der Waals surface area contributed by atoms with E-state index < -0.39 is 0 Å². The number of aryl methyl sites for hydroxylation is 1. The molecule has 1 fully saturated rings. The Labute approximate surface area is 123 Å². The summed E-state index contributed by atoms with van der Waals surface area (Å²) in [5, 5.41) is 3.46. The Morgan fingerprint density at radius 3 is 2.75 bits per heavy atom. The summed E-state index contributed by atoms with van der Waals surface area (Å²) in [4.78, 5) is 0. The summed E-state index contributed by atoms with van der Waals surface area (Å²) in [5.74, 6) is 0. The molecule has 3 rings (SSSR count). The molecule has 1 spiro atoms. The average molecular weight is 269 g/mol. The molecule has 1 aromatic rings. The molecule has 20 heavy (non-hydrogen) atoms. The molecular weight excluding hydrogens is 242 g/mol. The molecule has 0 aromatic heterocycles. The van der Waals surface area contributed by atoms with Crippen molar-refractivity contribution in [3.63, 3.8) is 0 Å². The van der Waals surface area contributed by atoms with E-state index in [9.17, 15) is 0 Å². The van der Waals surface area contributed by atoms with Gasteiger partial charge in [0.15, 0.2) is 0 Å². The Bertz CT molecular complexity index is 492. The van der Waals surface area contributed by atoms with Crippen LogP contribution in [0.2, 0.25) is 0 Å².